The second-order valence-electron chi connectivity index (χ2n) is 4.22. The Bertz CT molecular complexity index is 534. The summed E-state index contributed by atoms with van der Waals surface area (Å²) in [4.78, 5) is 2.26. The highest BCUT2D eigenvalue weighted by Crippen LogP contribution is 2.20. The van der Waals surface area contributed by atoms with E-state index in [0.29, 0.717) is 31.9 Å². The number of sulfonamides is 1. The van der Waals surface area contributed by atoms with Crippen molar-refractivity contribution in [3.05, 3.63) is 42.1 Å². The molecular weight excluding hydrogens is 264 g/mol. The van der Waals surface area contributed by atoms with Gasteiger partial charge in [-0.25, -0.2) is 13.1 Å². The lowest BCUT2D eigenvalue weighted by atomic mass is 10.2. The summed E-state index contributed by atoms with van der Waals surface area (Å²) in [6.07, 6.45) is 1.70. The van der Waals surface area contributed by atoms with Gasteiger partial charge >= 0.3 is 0 Å². The van der Waals surface area contributed by atoms with E-state index in [0.717, 1.165) is 0 Å². The van der Waals surface area contributed by atoms with Crippen molar-refractivity contribution >= 4 is 14.9 Å². The molecule has 0 amide bonds. The molecule has 0 spiro atoms. The first-order chi connectivity index (χ1) is 9.13. The number of benzene rings is 1. The Balaban J connectivity index is 2.37. The molecule has 0 aliphatic carbocycles. The number of hydrogen-bond donors (Lipinski definition) is 1. The molecule has 1 saturated heterocycles. The molecule has 1 aliphatic heterocycles. The number of nitrogens with zero attached hydrogens (tertiary/aromatic N) is 1. The SMILES string of the molecule is CNS(=O)(=O)/C(=C\N1CCOCC1)c1ccccc1. The third kappa shape index (κ3) is 3.56. The van der Waals surface area contributed by atoms with Crippen LogP contribution in [0.4, 0.5) is 0 Å². The topological polar surface area (TPSA) is 58.6 Å². The first kappa shape index (κ1) is 14.0. The van der Waals surface area contributed by atoms with Gasteiger partial charge in [-0.05, 0) is 12.6 Å². The Morgan fingerprint density at radius 1 is 1.26 bits per heavy atom. The molecule has 0 bridgehead atoms. The van der Waals surface area contributed by atoms with Crippen molar-refractivity contribution < 1.29 is 13.2 Å². The third-order valence-electron chi connectivity index (χ3n) is 2.96. The average molecular weight is 282 g/mol. The smallest absolute Gasteiger partial charge is 0.242 e. The van der Waals surface area contributed by atoms with Crippen molar-refractivity contribution in [1.29, 1.82) is 0 Å². The first-order valence-corrected chi connectivity index (χ1v) is 7.64. The standard InChI is InChI=1S/C13H18N2O3S/c1-14-19(16,17)13(12-5-3-2-4-6-12)11-15-7-9-18-10-8-15/h2-6,11,14H,7-10H2,1H3/b13-11-. The van der Waals surface area contributed by atoms with Gasteiger partial charge in [0.15, 0.2) is 0 Å². The lowest BCUT2D eigenvalue weighted by Gasteiger charge is -2.26. The molecule has 0 unspecified atom stereocenters. The zero-order chi connectivity index (χ0) is 13.7. The highest BCUT2D eigenvalue weighted by molar-refractivity contribution is 7.98. The van der Waals surface area contributed by atoms with Gasteiger partial charge in [0.25, 0.3) is 0 Å². The van der Waals surface area contributed by atoms with Gasteiger partial charge in [0.1, 0.15) is 4.91 Å². The molecule has 5 nitrogen and oxygen atoms in total. The second kappa shape index (κ2) is 6.18. The fraction of sp³-hybridized carbons (Fsp3) is 0.385. The molecule has 0 radical (unpaired) electrons. The van der Waals surface area contributed by atoms with Crippen LogP contribution < -0.4 is 4.72 Å². The van der Waals surface area contributed by atoms with E-state index in [1.54, 1.807) is 18.3 Å². The Morgan fingerprint density at radius 3 is 2.47 bits per heavy atom. The normalized spacial score (nSPS) is 17.5. The van der Waals surface area contributed by atoms with Gasteiger partial charge in [-0.3, -0.25) is 0 Å². The van der Waals surface area contributed by atoms with E-state index in [1.165, 1.54) is 7.05 Å². The van der Waals surface area contributed by atoms with Crippen LogP contribution in [-0.2, 0) is 14.8 Å². The summed E-state index contributed by atoms with van der Waals surface area (Å²) >= 11 is 0. The second-order valence-corrected chi connectivity index (χ2v) is 6.07. The predicted molar refractivity (Wildman–Crippen MR) is 74.8 cm³/mol. The molecule has 104 valence electrons. The Labute approximate surface area is 113 Å². The maximum atomic E-state index is 12.1. The number of morpholine rings is 1. The summed E-state index contributed by atoms with van der Waals surface area (Å²) in [7, 11) is -2.06. The zero-order valence-corrected chi connectivity index (χ0v) is 11.7. The number of ether oxygens (including phenoxy) is 1. The van der Waals surface area contributed by atoms with Crippen LogP contribution in [0, 0.1) is 0 Å². The lowest BCUT2D eigenvalue weighted by molar-refractivity contribution is 0.0597. The summed E-state index contributed by atoms with van der Waals surface area (Å²) in [5.41, 5.74) is 0.684. The quantitative estimate of drug-likeness (QED) is 0.890. The fourth-order valence-electron chi connectivity index (χ4n) is 1.88. The van der Waals surface area contributed by atoms with Crippen molar-refractivity contribution in [2.75, 3.05) is 33.4 Å². The van der Waals surface area contributed by atoms with Crippen molar-refractivity contribution in [3.8, 4) is 0 Å². The third-order valence-corrected chi connectivity index (χ3v) is 4.42. The molecule has 1 fully saturated rings. The zero-order valence-electron chi connectivity index (χ0n) is 10.9. The minimum Gasteiger partial charge on any atom is -0.378 e. The Hall–Kier alpha value is -1.37. The van der Waals surface area contributed by atoms with Crippen LogP contribution in [0.5, 0.6) is 0 Å². The molecule has 2 rings (SSSR count). The molecule has 19 heavy (non-hydrogen) atoms. The number of nitrogens with one attached hydrogen (secondary N) is 1. The largest absolute Gasteiger partial charge is 0.378 e. The average Bonchev–Trinajstić information content (AvgIpc) is 2.46. The van der Waals surface area contributed by atoms with E-state index < -0.39 is 10.0 Å². The van der Waals surface area contributed by atoms with Crippen LogP contribution in [0.3, 0.4) is 0 Å². The molecular formula is C13H18N2O3S. The fourth-order valence-corrected chi connectivity index (χ4v) is 2.84. The van der Waals surface area contributed by atoms with Gasteiger partial charge in [0, 0.05) is 19.3 Å². The van der Waals surface area contributed by atoms with Gasteiger partial charge in [0.2, 0.25) is 10.0 Å². The summed E-state index contributed by atoms with van der Waals surface area (Å²) < 4.78 is 31.9. The maximum Gasteiger partial charge on any atom is 0.242 e. The van der Waals surface area contributed by atoms with Gasteiger partial charge < -0.3 is 9.64 Å². The Morgan fingerprint density at radius 2 is 1.89 bits per heavy atom. The first-order valence-electron chi connectivity index (χ1n) is 6.16. The molecule has 0 atom stereocenters. The monoisotopic (exact) mass is 282 g/mol. The van der Waals surface area contributed by atoms with Crippen LogP contribution in [0.1, 0.15) is 5.56 Å². The summed E-state index contributed by atoms with van der Waals surface area (Å²) in [6, 6.07) is 9.10. The molecule has 1 aromatic rings. The van der Waals surface area contributed by atoms with E-state index in [1.807, 2.05) is 23.1 Å². The Kier molecular flexibility index (Phi) is 4.57. The number of rotatable bonds is 4. The minimum absolute atomic E-state index is 0.289. The van der Waals surface area contributed by atoms with Crippen molar-refractivity contribution in [2.24, 2.45) is 0 Å². The number of hydrogen-bond acceptors (Lipinski definition) is 4. The molecule has 1 aliphatic rings. The van der Waals surface area contributed by atoms with Gasteiger partial charge in [-0.1, -0.05) is 30.3 Å². The van der Waals surface area contributed by atoms with E-state index in [2.05, 4.69) is 4.72 Å². The van der Waals surface area contributed by atoms with Crippen LogP contribution in [0.15, 0.2) is 36.5 Å². The van der Waals surface area contributed by atoms with Crippen LogP contribution >= 0.6 is 0 Å². The predicted octanol–water partition coefficient (Wildman–Crippen LogP) is 0.866. The highest BCUT2D eigenvalue weighted by atomic mass is 32.2. The highest BCUT2D eigenvalue weighted by Gasteiger charge is 2.19. The molecule has 1 heterocycles. The molecule has 0 aromatic heterocycles. The van der Waals surface area contributed by atoms with Crippen molar-refractivity contribution in [3.63, 3.8) is 0 Å². The van der Waals surface area contributed by atoms with Gasteiger partial charge in [0.05, 0.1) is 13.2 Å². The molecule has 6 heteroatoms. The molecule has 0 saturated carbocycles. The van der Waals surface area contributed by atoms with Gasteiger partial charge in [-0.15, -0.1) is 0 Å². The van der Waals surface area contributed by atoms with Crippen LogP contribution in [-0.4, -0.2) is 46.7 Å². The summed E-state index contributed by atoms with van der Waals surface area (Å²) in [6.45, 7) is 2.65. The van der Waals surface area contributed by atoms with E-state index in [-0.39, 0.29) is 4.91 Å². The summed E-state index contributed by atoms with van der Waals surface area (Å²) in [5.74, 6) is 0. The van der Waals surface area contributed by atoms with Gasteiger partial charge in [-0.2, -0.15) is 0 Å². The molecule has 1 N–H and O–H groups in total. The summed E-state index contributed by atoms with van der Waals surface area (Å²) in [5, 5.41) is 0. The van der Waals surface area contributed by atoms with Crippen molar-refractivity contribution in [1.82, 2.24) is 9.62 Å². The molecule has 1 aromatic carbocycles. The van der Waals surface area contributed by atoms with E-state index >= 15 is 0 Å². The van der Waals surface area contributed by atoms with E-state index in [9.17, 15) is 8.42 Å². The minimum atomic E-state index is -3.48. The van der Waals surface area contributed by atoms with Crippen molar-refractivity contribution in [2.45, 2.75) is 0 Å². The van der Waals surface area contributed by atoms with E-state index in [4.69, 9.17) is 4.74 Å². The van der Waals surface area contributed by atoms with Crippen LogP contribution in [0.2, 0.25) is 0 Å². The maximum absolute atomic E-state index is 12.1. The lowest BCUT2D eigenvalue weighted by Crippen LogP contribution is -2.33. The van der Waals surface area contributed by atoms with Crippen LogP contribution in [0.25, 0.3) is 4.91 Å².